The first-order chi connectivity index (χ1) is 15.7. The van der Waals surface area contributed by atoms with E-state index >= 15 is 0 Å². The summed E-state index contributed by atoms with van der Waals surface area (Å²) in [6.45, 7) is 6.01. The molecule has 0 aromatic heterocycles. The van der Waals surface area contributed by atoms with Crippen LogP contribution in [0.25, 0.3) is 0 Å². The van der Waals surface area contributed by atoms with Crippen LogP contribution >= 0.6 is 0 Å². The van der Waals surface area contributed by atoms with E-state index in [0.717, 1.165) is 31.2 Å². The number of carbonyl (C=O) groups excluding carboxylic acids is 2. The van der Waals surface area contributed by atoms with E-state index in [1.807, 2.05) is 6.07 Å². The predicted octanol–water partition coefficient (Wildman–Crippen LogP) is 1.05. The SMILES string of the molecule is CC1CNc2c(cccc2S(=O)(=O)NCC(=O)N2CCC(C)C[C@H]2C(=O)NCCCCN)C1. The van der Waals surface area contributed by atoms with Gasteiger partial charge in [-0.25, -0.2) is 13.1 Å². The Morgan fingerprint density at radius 3 is 2.76 bits per heavy atom. The lowest BCUT2D eigenvalue weighted by Crippen LogP contribution is -2.55. The summed E-state index contributed by atoms with van der Waals surface area (Å²) in [7, 11) is -3.89. The van der Waals surface area contributed by atoms with Crippen LogP contribution in [0, 0.1) is 11.8 Å². The van der Waals surface area contributed by atoms with Crippen molar-refractivity contribution in [2.24, 2.45) is 17.6 Å². The Morgan fingerprint density at radius 1 is 1.21 bits per heavy atom. The molecule has 1 saturated heterocycles. The first-order valence-electron chi connectivity index (χ1n) is 11.9. The van der Waals surface area contributed by atoms with E-state index in [0.29, 0.717) is 50.1 Å². The zero-order valence-electron chi connectivity index (χ0n) is 19.6. The molecule has 0 saturated carbocycles. The summed E-state index contributed by atoms with van der Waals surface area (Å²) in [5.74, 6) is 0.156. The third-order valence-corrected chi connectivity index (χ3v) is 7.87. The number of carbonyl (C=O) groups is 2. The molecule has 2 heterocycles. The van der Waals surface area contributed by atoms with Gasteiger partial charge >= 0.3 is 0 Å². The van der Waals surface area contributed by atoms with Gasteiger partial charge in [0.05, 0.1) is 12.2 Å². The van der Waals surface area contributed by atoms with E-state index in [2.05, 4.69) is 29.2 Å². The molecule has 184 valence electrons. The number of nitrogens with two attached hydrogens (primary N) is 1. The summed E-state index contributed by atoms with van der Waals surface area (Å²) in [5, 5.41) is 6.11. The van der Waals surface area contributed by atoms with E-state index in [1.165, 1.54) is 4.90 Å². The minimum atomic E-state index is -3.89. The van der Waals surface area contributed by atoms with Crippen LogP contribution in [0.5, 0.6) is 0 Å². The minimum absolute atomic E-state index is 0.154. The summed E-state index contributed by atoms with van der Waals surface area (Å²) in [6.07, 6.45) is 3.76. The van der Waals surface area contributed by atoms with Crippen LogP contribution in [-0.2, 0) is 26.0 Å². The van der Waals surface area contributed by atoms with E-state index in [4.69, 9.17) is 5.73 Å². The lowest BCUT2D eigenvalue weighted by molar-refractivity contribution is -0.142. The third kappa shape index (κ3) is 6.45. The normalized spacial score (nSPS) is 22.9. The molecule has 2 unspecified atom stereocenters. The van der Waals surface area contributed by atoms with E-state index < -0.39 is 16.1 Å². The number of hydrogen-bond acceptors (Lipinski definition) is 6. The van der Waals surface area contributed by atoms with E-state index in [-0.39, 0.29) is 23.3 Å². The van der Waals surface area contributed by atoms with Gasteiger partial charge < -0.3 is 21.3 Å². The van der Waals surface area contributed by atoms with Crippen molar-refractivity contribution in [3.05, 3.63) is 23.8 Å². The second-order valence-electron chi connectivity index (χ2n) is 9.32. The van der Waals surface area contributed by atoms with Crippen LogP contribution in [0.3, 0.4) is 0 Å². The Balaban J connectivity index is 1.66. The predicted molar refractivity (Wildman–Crippen MR) is 128 cm³/mol. The highest BCUT2D eigenvalue weighted by Crippen LogP contribution is 2.31. The Labute approximate surface area is 196 Å². The van der Waals surface area contributed by atoms with Crippen molar-refractivity contribution in [1.29, 1.82) is 0 Å². The largest absolute Gasteiger partial charge is 0.383 e. The molecule has 0 radical (unpaired) electrons. The van der Waals surface area contributed by atoms with Crippen LogP contribution in [0.2, 0.25) is 0 Å². The molecule has 0 aliphatic carbocycles. The number of amides is 2. The number of unbranched alkanes of at least 4 members (excludes halogenated alkanes) is 1. The standard InChI is InChI=1S/C23H37N5O4S/c1-16-8-11-28(19(13-16)23(30)25-10-4-3-9-24)21(29)15-27-33(31,32)20-7-5-6-18-12-17(2)14-26-22(18)20/h5-7,16-17,19,26-27H,3-4,8-15,24H2,1-2H3,(H,25,30)/t16?,17?,19-/m0/s1. The molecule has 0 spiro atoms. The van der Waals surface area contributed by atoms with Gasteiger partial charge in [0.15, 0.2) is 0 Å². The molecule has 1 aromatic carbocycles. The first kappa shape index (κ1) is 25.5. The number of benzene rings is 1. The maximum atomic E-state index is 13.0. The third-order valence-electron chi connectivity index (χ3n) is 6.43. The number of anilines is 1. The number of likely N-dealkylation sites (tertiary alicyclic amines) is 1. The van der Waals surface area contributed by atoms with Gasteiger partial charge in [-0.3, -0.25) is 9.59 Å². The topological polar surface area (TPSA) is 134 Å². The molecule has 3 atom stereocenters. The fourth-order valence-corrected chi connectivity index (χ4v) is 5.72. The van der Waals surface area contributed by atoms with Gasteiger partial charge in [0, 0.05) is 19.6 Å². The van der Waals surface area contributed by atoms with Crippen LogP contribution < -0.4 is 21.1 Å². The van der Waals surface area contributed by atoms with Crippen LogP contribution in [0.1, 0.15) is 45.1 Å². The molecular weight excluding hydrogens is 442 g/mol. The van der Waals surface area contributed by atoms with Gasteiger partial charge in [-0.1, -0.05) is 26.0 Å². The van der Waals surface area contributed by atoms with Gasteiger partial charge in [-0.15, -0.1) is 0 Å². The molecule has 1 fully saturated rings. The van der Waals surface area contributed by atoms with Crippen molar-refractivity contribution in [2.75, 3.05) is 38.0 Å². The average Bonchev–Trinajstić information content (AvgIpc) is 2.79. The molecule has 3 rings (SSSR count). The Bertz CT molecular complexity index is 952. The van der Waals surface area contributed by atoms with Gasteiger partial charge in [-0.2, -0.15) is 0 Å². The van der Waals surface area contributed by atoms with Gasteiger partial charge in [0.2, 0.25) is 21.8 Å². The number of piperidine rings is 1. The van der Waals surface area contributed by atoms with Crippen LogP contribution in [-0.4, -0.2) is 63.9 Å². The molecule has 2 amide bonds. The van der Waals surface area contributed by atoms with Gasteiger partial charge in [0.1, 0.15) is 10.9 Å². The zero-order chi connectivity index (χ0) is 24.0. The minimum Gasteiger partial charge on any atom is -0.383 e. The number of rotatable bonds is 9. The highest BCUT2D eigenvalue weighted by molar-refractivity contribution is 7.89. The molecule has 10 heteroatoms. The Hall–Kier alpha value is -2.17. The number of para-hydroxylation sites is 1. The summed E-state index contributed by atoms with van der Waals surface area (Å²) in [6, 6.07) is 4.62. The van der Waals surface area contributed by atoms with Crippen molar-refractivity contribution in [2.45, 2.75) is 56.9 Å². The fraction of sp³-hybridized carbons (Fsp3) is 0.652. The van der Waals surface area contributed by atoms with Crippen molar-refractivity contribution in [1.82, 2.24) is 14.9 Å². The van der Waals surface area contributed by atoms with Crippen molar-refractivity contribution < 1.29 is 18.0 Å². The molecule has 33 heavy (non-hydrogen) atoms. The maximum Gasteiger partial charge on any atom is 0.243 e. The number of nitrogens with one attached hydrogen (secondary N) is 3. The number of fused-ring (bicyclic) bond motifs is 1. The summed E-state index contributed by atoms with van der Waals surface area (Å²) >= 11 is 0. The van der Waals surface area contributed by atoms with Gasteiger partial charge in [-0.05, 0) is 62.1 Å². The number of nitrogens with zero attached hydrogens (tertiary/aromatic N) is 1. The molecule has 2 aliphatic rings. The number of sulfonamides is 1. The summed E-state index contributed by atoms with van der Waals surface area (Å²) < 4.78 is 28.5. The molecular formula is C23H37N5O4S. The second-order valence-corrected chi connectivity index (χ2v) is 11.1. The highest BCUT2D eigenvalue weighted by Gasteiger charge is 2.35. The monoisotopic (exact) mass is 479 g/mol. The van der Waals surface area contributed by atoms with Crippen LogP contribution in [0.15, 0.2) is 23.1 Å². The molecule has 2 aliphatic heterocycles. The lowest BCUT2D eigenvalue weighted by Gasteiger charge is -2.37. The maximum absolute atomic E-state index is 13.0. The molecule has 5 N–H and O–H groups in total. The second kappa shape index (κ2) is 11.3. The quantitative estimate of drug-likeness (QED) is 0.391. The molecule has 1 aromatic rings. The van der Waals surface area contributed by atoms with E-state index in [9.17, 15) is 18.0 Å². The van der Waals surface area contributed by atoms with Crippen LogP contribution in [0.4, 0.5) is 5.69 Å². The first-order valence-corrected chi connectivity index (χ1v) is 13.3. The zero-order valence-corrected chi connectivity index (χ0v) is 20.4. The number of hydrogen-bond donors (Lipinski definition) is 4. The summed E-state index contributed by atoms with van der Waals surface area (Å²) in [4.78, 5) is 27.4. The highest BCUT2D eigenvalue weighted by atomic mass is 32.2. The lowest BCUT2D eigenvalue weighted by atomic mass is 9.91. The van der Waals surface area contributed by atoms with Gasteiger partial charge in [0.25, 0.3) is 0 Å². The molecule has 9 nitrogen and oxygen atoms in total. The smallest absolute Gasteiger partial charge is 0.243 e. The Morgan fingerprint density at radius 2 is 2.00 bits per heavy atom. The van der Waals surface area contributed by atoms with Crippen molar-refractivity contribution >= 4 is 27.5 Å². The molecule has 0 bridgehead atoms. The van der Waals surface area contributed by atoms with E-state index in [1.54, 1.807) is 12.1 Å². The Kier molecular flexibility index (Phi) is 8.72. The summed E-state index contributed by atoms with van der Waals surface area (Å²) in [5.41, 5.74) is 7.06. The van der Waals surface area contributed by atoms with Crippen molar-refractivity contribution in [3.63, 3.8) is 0 Å². The fourth-order valence-electron chi connectivity index (χ4n) is 4.52. The van der Waals surface area contributed by atoms with Crippen molar-refractivity contribution in [3.8, 4) is 0 Å². The average molecular weight is 480 g/mol.